The van der Waals surface area contributed by atoms with Gasteiger partial charge in [-0.25, -0.2) is 0 Å². The topological polar surface area (TPSA) is 9.72 Å². The lowest BCUT2D eigenvalue weighted by Crippen LogP contribution is -2.65. The quantitative estimate of drug-likeness (QED) is 0.163. The Morgan fingerprint density at radius 2 is 1.01 bits per heavy atom. The molecular weight excluding hydrogens is 882 g/mol. The maximum Gasteiger partial charge on any atom is 0.252 e. The van der Waals surface area contributed by atoms with Gasteiger partial charge in [-0.2, -0.15) is 0 Å². The fraction of sp³-hybridized carbons (Fsp3) is 0.391. The van der Waals surface area contributed by atoms with E-state index in [4.69, 9.17) is 0 Å². The van der Waals surface area contributed by atoms with Crippen molar-refractivity contribution in [3.63, 3.8) is 0 Å². The van der Waals surface area contributed by atoms with Gasteiger partial charge in [-0.15, -0.1) is 0 Å². The van der Waals surface area contributed by atoms with Gasteiger partial charge in [0.05, 0.1) is 11.1 Å². The van der Waals surface area contributed by atoms with Gasteiger partial charge in [0.1, 0.15) is 0 Å². The predicted octanol–water partition coefficient (Wildman–Crippen LogP) is 16.4. The highest BCUT2D eigenvalue weighted by Crippen LogP contribution is 2.67. The van der Waals surface area contributed by atoms with E-state index >= 15 is 0 Å². The molecule has 6 aliphatic rings. The number of hydrogen-bond donors (Lipinski definition) is 0. The fourth-order valence-corrected chi connectivity index (χ4v) is 15.7. The molecule has 4 heterocycles. The summed E-state index contributed by atoms with van der Waals surface area (Å²) >= 11 is 0. The van der Waals surface area contributed by atoms with Gasteiger partial charge in [0, 0.05) is 50.6 Å². The minimum atomic E-state index is -0.221. The number of fused-ring (bicyclic) bond motifs is 10. The maximum absolute atomic E-state index is 2.98. The molecule has 370 valence electrons. The highest BCUT2D eigenvalue weighted by Gasteiger charge is 2.65. The van der Waals surface area contributed by atoms with Gasteiger partial charge in [-0.1, -0.05) is 198 Å². The number of hydrogen-bond acceptors (Lipinski definition) is 3. The van der Waals surface area contributed by atoms with Crippen LogP contribution >= 0.6 is 0 Å². The van der Waals surface area contributed by atoms with Crippen LogP contribution in [-0.4, -0.2) is 17.8 Å². The Morgan fingerprint density at radius 3 is 1.70 bits per heavy atom. The molecule has 73 heavy (non-hydrogen) atoms. The molecule has 0 saturated heterocycles. The predicted molar refractivity (Wildman–Crippen MR) is 313 cm³/mol. The molecule has 0 spiro atoms. The zero-order valence-electron chi connectivity index (χ0n) is 45.9. The summed E-state index contributed by atoms with van der Waals surface area (Å²) in [5, 5.41) is 0. The lowest BCUT2D eigenvalue weighted by molar-refractivity contribution is 0.195. The van der Waals surface area contributed by atoms with Crippen LogP contribution in [0.4, 0.5) is 39.8 Å². The van der Waals surface area contributed by atoms with Gasteiger partial charge in [-0.3, -0.25) is 0 Å². The second-order valence-corrected chi connectivity index (χ2v) is 27.0. The Kier molecular flexibility index (Phi) is 9.95. The van der Waals surface area contributed by atoms with E-state index in [2.05, 4.69) is 243 Å². The molecule has 7 aromatic carbocycles. The van der Waals surface area contributed by atoms with Gasteiger partial charge in [0.2, 0.25) is 0 Å². The fourth-order valence-electron chi connectivity index (χ4n) is 15.7. The number of benzene rings is 7. The Morgan fingerprint density at radius 1 is 0.425 bits per heavy atom. The van der Waals surface area contributed by atoms with Crippen molar-refractivity contribution in [2.75, 3.05) is 14.7 Å². The molecule has 2 aliphatic carbocycles. The van der Waals surface area contributed by atoms with Gasteiger partial charge in [0.15, 0.2) is 0 Å². The summed E-state index contributed by atoms with van der Waals surface area (Å²) in [6.07, 6.45) is 9.49. The van der Waals surface area contributed by atoms with Crippen LogP contribution in [0.3, 0.4) is 0 Å². The second-order valence-electron chi connectivity index (χ2n) is 27.0. The highest BCUT2D eigenvalue weighted by atomic mass is 15.3. The summed E-state index contributed by atoms with van der Waals surface area (Å²) in [5.41, 5.74) is 24.4. The molecule has 4 atom stereocenters. The van der Waals surface area contributed by atoms with E-state index in [0.29, 0.717) is 0 Å². The molecule has 4 unspecified atom stereocenters. The third-order valence-electron chi connectivity index (χ3n) is 19.9. The van der Waals surface area contributed by atoms with Crippen LogP contribution in [0.5, 0.6) is 0 Å². The van der Waals surface area contributed by atoms with E-state index in [0.717, 1.165) is 19.3 Å². The first-order chi connectivity index (χ1) is 34.7. The van der Waals surface area contributed by atoms with Crippen molar-refractivity contribution in [2.24, 2.45) is 0 Å². The Bertz CT molecular complexity index is 3370. The summed E-state index contributed by atoms with van der Waals surface area (Å²) < 4.78 is 0. The normalized spacial score (nSPS) is 24.7. The van der Waals surface area contributed by atoms with Gasteiger partial charge in [-0.05, 0) is 159 Å². The van der Waals surface area contributed by atoms with Crippen molar-refractivity contribution in [1.82, 2.24) is 0 Å². The molecule has 0 radical (unpaired) electrons. The minimum absolute atomic E-state index is 0.0253. The van der Waals surface area contributed by atoms with Crippen LogP contribution in [-0.2, 0) is 27.1 Å². The van der Waals surface area contributed by atoms with Gasteiger partial charge < -0.3 is 14.7 Å². The van der Waals surface area contributed by atoms with Crippen LogP contribution in [0, 0.1) is 0 Å². The highest BCUT2D eigenvalue weighted by molar-refractivity contribution is 7.00. The van der Waals surface area contributed by atoms with E-state index in [1.54, 1.807) is 5.56 Å². The zero-order chi connectivity index (χ0) is 50.8. The van der Waals surface area contributed by atoms with Crippen LogP contribution in [0.2, 0.25) is 0 Å². The lowest BCUT2D eigenvalue weighted by Gasteiger charge is -2.54. The minimum Gasteiger partial charge on any atom is -0.335 e. The van der Waals surface area contributed by atoms with Crippen LogP contribution in [0.1, 0.15) is 168 Å². The summed E-state index contributed by atoms with van der Waals surface area (Å²) in [5.74, 6) is 0. The molecule has 2 fully saturated rings. The molecule has 13 rings (SSSR count). The molecule has 0 bridgehead atoms. The number of rotatable bonds is 4. The Labute approximate surface area is 438 Å². The van der Waals surface area contributed by atoms with E-state index < -0.39 is 0 Å². The molecule has 4 aliphatic heterocycles. The average molecular weight is 958 g/mol. The average Bonchev–Trinajstić information content (AvgIpc) is 3.77. The summed E-state index contributed by atoms with van der Waals surface area (Å²) in [7, 11) is 0. The van der Waals surface area contributed by atoms with Crippen LogP contribution in [0.15, 0.2) is 146 Å². The number of nitrogens with zero attached hydrogens (tertiary/aromatic N) is 3. The SMILES string of the molecule is CC(C)(C)c1ccc(N2c3ccc(C(C)(C)C)cc3B3c4cc(C(C)(C)C)cc5c4N(c4cc(N6c7ccc(-c8ccccc8)cc7C7(C)CCCCC67C)cc2c43)C2(C)CCCCC52c2ccccc2)cc1. The van der Waals surface area contributed by atoms with Gasteiger partial charge in [0.25, 0.3) is 6.71 Å². The number of anilines is 7. The third kappa shape index (κ3) is 6.37. The molecule has 0 N–H and O–H groups in total. The van der Waals surface area contributed by atoms with Crippen molar-refractivity contribution in [1.29, 1.82) is 0 Å². The maximum atomic E-state index is 2.98. The van der Waals surface area contributed by atoms with Crippen molar-refractivity contribution < 1.29 is 0 Å². The summed E-state index contributed by atoms with van der Waals surface area (Å²) in [6, 6.07) is 58.2. The van der Waals surface area contributed by atoms with E-state index in [9.17, 15) is 0 Å². The first-order valence-corrected chi connectivity index (χ1v) is 28.0. The van der Waals surface area contributed by atoms with Crippen molar-refractivity contribution in [2.45, 2.75) is 173 Å². The van der Waals surface area contributed by atoms with E-state index in [1.807, 2.05) is 0 Å². The van der Waals surface area contributed by atoms with Crippen molar-refractivity contribution >= 4 is 62.9 Å². The molecular formula is C69H76BN3. The second kappa shape index (κ2) is 15.5. The summed E-state index contributed by atoms with van der Waals surface area (Å²) in [4.78, 5) is 8.53. The largest absolute Gasteiger partial charge is 0.335 e. The monoisotopic (exact) mass is 958 g/mol. The zero-order valence-corrected chi connectivity index (χ0v) is 45.9. The molecule has 4 heteroatoms. The lowest BCUT2D eigenvalue weighted by atomic mass is 9.33. The van der Waals surface area contributed by atoms with E-state index in [-0.39, 0.29) is 44.9 Å². The molecule has 7 aromatic rings. The smallest absolute Gasteiger partial charge is 0.252 e. The van der Waals surface area contributed by atoms with Crippen molar-refractivity contribution in [3.8, 4) is 11.1 Å². The van der Waals surface area contributed by atoms with Crippen LogP contribution < -0.4 is 31.1 Å². The van der Waals surface area contributed by atoms with E-state index in [1.165, 1.54) is 127 Å². The van der Waals surface area contributed by atoms with Gasteiger partial charge >= 0.3 is 0 Å². The van der Waals surface area contributed by atoms with Crippen molar-refractivity contribution in [3.05, 3.63) is 179 Å². The molecule has 0 aromatic heterocycles. The third-order valence-corrected chi connectivity index (χ3v) is 19.9. The Balaban J connectivity index is 1.17. The first kappa shape index (κ1) is 46.8. The first-order valence-electron chi connectivity index (χ1n) is 28.0. The molecule has 3 nitrogen and oxygen atoms in total. The Hall–Kier alpha value is -6.00. The summed E-state index contributed by atoms with van der Waals surface area (Å²) in [6.45, 7) is 29.4. The molecule has 0 amide bonds. The van der Waals surface area contributed by atoms with Crippen LogP contribution in [0.25, 0.3) is 11.1 Å². The standard InChI is InChI=1S/C69H76BN3/c1-63(2,3)47-28-31-51(32-29-47)71-58-34-30-49(64(4,5)6)41-55(58)70-56-42-50(65(7,8)9)40-54-62(56)73(68(12)37-21-22-38-69(54,68)48-25-17-14-18-26-48)60-44-52(43-59(71)61(60)70)72-57-33-27-46(45-23-15-13-16-24-45)39-53(57)66(10)35-19-20-36-67(66,72)11/h13-18,23-34,39-44H,19-22,35-38H2,1-12H3. The molecule has 2 saturated carbocycles.